The molecule has 1 fully saturated rings. The fourth-order valence-electron chi connectivity index (χ4n) is 3.44. The predicted molar refractivity (Wildman–Crippen MR) is 106 cm³/mol. The molecule has 0 atom stereocenters. The minimum absolute atomic E-state index is 0.797. The Morgan fingerprint density at radius 2 is 1.38 bits per heavy atom. The molecule has 0 bridgehead atoms. The van der Waals surface area contributed by atoms with Crippen molar-refractivity contribution in [3.05, 3.63) is 70.5 Å². The lowest BCUT2D eigenvalue weighted by atomic mass is 10.2. The van der Waals surface area contributed by atoms with E-state index in [1.165, 1.54) is 5.56 Å². The van der Waals surface area contributed by atoms with E-state index in [9.17, 15) is 0 Å². The Morgan fingerprint density at radius 3 is 2.04 bits per heavy atom. The Kier molecular flexibility index (Phi) is 5.16. The smallest absolute Gasteiger partial charge is 0.0890 e. The third kappa shape index (κ3) is 4.04. The minimum Gasteiger partial charge on any atom is -0.297 e. The van der Waals surface area contributed by atoms with Gasteiger partial charge in [0.25, 0.3) is 0 Å². The van der Waals surface area contributed by atoms with Crippen LogP contribution in [0, 0.1) is 6.92 Å². The van der Waals surface area contributed by atoms with Crippen LogP contribution in [0.15, 0.2) is 48.5 Å². The van der Waals surface area contributed by atoms with Crippen molar-refractivity contribution in [2.45, 2.75) is 20.0 Å². The van der Waals surface area contributed by atoms with Gasteiger partial charge in [0.15, 0.2) is 0 Å². The number of fused-ring (bicyclic) bond motifs is 1. The SMILES string of the molecule is Cc1nc2ccccc2nc1CN1CCN(Cc2ccc(Cl)cc2)CC1. The fourth-order valence-corrected chi connectivity index (χ4v) is 3.57. The van der Waals surface area contributed by atoms with Crippen molar-refractivity contribution in [3.8, 4) is 0 Å². The molecule has 0 spiro atoms. The highest BCUT2D eigenvalue weighted by Gasteiger charge is 2.18. The van der Waals surface area contributed by atoms with E-state index in [0.717, 1.165) is 66.7 Å². The van der Waals surface area contributed by atoms with E-state index in [4.69, 9.17) is 21.6 Å². The quantitative estimate of drug-likeness (QED) is 0.700. The molecule has 1 aliphatic rings. The molecule has 0 radical (unpaired) electrons. The maximum absolute atomic E-state index is 5.97. The maximum atomic E-state index is 5.97. The van der Waals surface area contributed by atoms with Crippen molar-refractivity contribution in [2.24, 2.45) is 0 Å². The van der Waals surface area contributed by atoms with Crippen LogP contribution >= 0.6 is 11.6 Å². The monoisotopic (exact) mass is 366 g/mol. The first-order valence-electron chi connectivity index (χ1n) is 9.09. The molecule has 4 rings (SSSR count). The van der Waals surface area contributed by atoms with Crippen LogP contribution in [0.3, 0.4) is 0 Å². The van der Waals surface area contributed by atoms with Gasteiger partial charge in [0.2, 0.25) is 0 Å². The van der Waals surface area contributed by atoms with E-state index in [0.29, 0.717) is 0 Å². The summed E-state index contributed by atoms with van der Waals surface area (Å²) in [6, 6.07) is 16.2. The number of para-hydroxylation sites is 2. The number of benzene rings is 2. The molecule has 1 aromatic heterocycles. The third-order valence-corrected chi connectivity index (χ3v) is 5.25. The second-order valence-corrected chi connectivity index (χ2v) is 7.36. The number of nitrogens with zero attached hydrogens (tertiary/aromatic N) is 4. The Balaban J connectivity index is 1.36. The van der Waals surface area contributed by atoms with Gasteiger partial charge in [-0.25, -0.2) is 9.97 Å². The number of hydrogen-bond donors (Lipinski definition) is 0. The summed E-state index contributed by atoms with van der Waals surface area (Å²) in [4.78, 5) is 14.5. The summed E-state index contributed by atoms with van der Waals surface area (Å²) in [5.74, 6) is 0. The molecule has 0 unspecified atom stereocenters. The van der Waals surface area contributed by atoms with Gasteiger partial charge < -0.3 is 0 Å². The molecule has 1 saturated heterocycles. The first-order chi connectivity index (χ1) is 12.7. The van der Waals surface area contributed by atoms with Gasteiger partial charge in [0, 0.05) is 44.3 Å². The molecule has 4 nitrogen and oxygen atoms in total. The van der Waals surface area contributed by atoms with E-state index in [1.807, 2.05) is 36.4 Å². The van der Waals surface area contributed by atoms with Gasteiger partial charge in [-0.1, -0.05) is 35.9 Å². The first-order valence-corrected chi connectivity index (χ1v) is 9.46. The van der Waals surface area contributed by atoms with Crippen molar-refractivity contribution in [1.29, 1.82) is 0 Å². The second-order valence-electron chi connectivity index (χ2n) is 6.92. The standard InChI is InChI=1S/C21H23ClN4/c1-16-21(24-20-5-3-2-4-19(20)23-16)15-26-12-10-25(11-13-26)14-17-6-8-18(22)9-7-17/h2-9H,10-15H2,1H3. The zero-order valence-corrected chi connectivity index (χ0v) is 15.8. The lowest BCUT2D eigenvalue weighted by Gasteiger charge is -2.34. The topological polar surface area (TPSA) is 32.3 Å². The van der Waals surface area contributed by atoms with Crippen molar-refractivity contribution < 1.29 is 0 Å². The van der Waals surface area contributed by atoms with Crippen molar-refractivity contribution in [3.63, 3.8) is 0 Å². The van der Waals surface area contributed by atoms with Gasteiger partial charge in [-0.15, -0.1) is 0 Å². The summed E-state index contributed by atoms with van der Waals surface area (Å²) >= 11 is 5.97. The highest BCUT2D eigenvalue weighted by Crippen LogP contribution is 2.16. The van der Waals surface area contributed by atoms with Crippen LogP contribution in [-0.4, -0.2) is 45.9 Å². The lowest BCUT2D eigenvalue weighted by Crippen LogP contribution is -2.45. The van der Waals surface area contributed by atoms with Crippen LogP contribution in [0.5, 0.6) is 0 Å². The van der Waals surface area contributed by atoms with Gasteiger partial charge in [-0.3, -0.25) is 9.80 Å². The molecule has 134 valence electrons. The second kappa shape index (κ2) is 7.70. The molecule has 0 N–H and O–H groups in total. The average molecular weight is 367 g/mol. The number of hydrogen-bond acceptors (Lipinski definition) is 4. The molecule has 2 heterocycles. The van der Waals surface area contributed by atoms with E-state index in [-0.39, 0.29) is 0 Å². The van der Waals surface area contributed by atoms with Gasteiger partial charge >= 0.3 is 0 Å². The highest BCUT2D eigenvalue weighted by molar-refractivity contribution is 6.30. The molecule has 0 aliphatic carbocycles. The van der Waals surface area contributed by atoms with E-state index >= 15 is 0 Å². The molecule has 5 heteroatoms. The maximum Gasteiger partial charge on any atom is 0.0890 e. The molecule has 0 saturated carbocycles. The van der Waals surface area contributed by atoms with Crippen LogP contribution in [-0.2, 0) is 13.1 Å². The van der Waals surface area contributed by atoms with E-state index < -0.39 is 0 Å². The van der Waals surface area contributed by atoms with Gasteiger partial charge in [-0.05, 0) is 36.8 Å². The summed E-state index contributed by atoms with van der Waals surface area (Å²) in [7, 11) is 0. The van der Waals surface area contributed by atoms with E-state index in [2.05, 4.69) is 28.9 Å². The Bertz CT molecular complexity index is 886. The largest absolute Gasteiger partial charge is 0.297 e. The summed E-state index contributed by atoms with van der Waals surface area (Å²) in [5, 5.41) is 0.797. The Morgan fingerprint density at radius 1 is 0.808 bits per heavy atom. The molecular formula is C21H23ClN4. The average Bonchev–Trinajstić information content (AvgIpc) is 2.66. The lowest BCUT2D eigenvalue weighted by molar-refractivity contribution is 0.121. The Labute approximate surface area is 159 Å². The van der Waals surface area contributed by atoms with E-state index in [1.54, 1.807) is 0 Å². The number of halogens is 1. The van der Waals surface area contributed by atoms with Crippen molar-refractivity contribution in [1.82, 2.24) is 19.8 Å². The summed E-state index contributed by atoms with van der Waals surface area (Å²) in [6.07, 6.45) is 0. The van der Waals surface area contributed by atoms with Crippen LogP contribution in [0.1, 0.15) is 17.0 Å². The highest BCUT2D eigenvalue weighted by atomic mass is 35.5. The molecule has 0 amide bonds. The zero-order chi connectivity index (χ0) is 17.9. The van der Waals surface area contributed by atoms with Crippen LogP contribution in [0.25, 0.3) is 11.0 Å². The van der Waals surface area contributed by atoms with Crippen LogP contribution < -0.4 is 0 Å². The van der Waals surface area contributed by atoms with Crippen LogP contribution in [0.4, 0.5) is 0 Å². The third-order valence-electron chi connectivity index (χ3n) is 5.00. The van der Waals surface area contributed by atoms with Gasteiger partial charge in [0.1, 0.15) is 0 Å². The minimum atomic E-state index is 0.797. The molecule has 3 aromatic rings. The van der Waals surface area contributed by atoms with Gasteiger partial charge in [0.05, 0.1) is 22.4 Å². The first kappa shape index (κ1) is 17.4. The van der Waals surface area contributed by atoms with Crippen LogP contribution in [0.2, 0.25) is 5.02 Å². The van der Waals surface area contributed by atoms with Gasteiger partial charge in [-0.2, -0.15) is 0 Å². The van der Waals surface area contributed by atoms with Crippen molar-refractivity contribution in [2.75, 3.05) is 26.2 Å². The zero-order valence-electron chi connectivity index (χ0n) is 15.0. The summed E-state index contributed by atoms with van der Waals surface area (Å²) < 4.78 is 0. The molecule has 1 aliphatic heterocycles. The Hall–Kier alpha value is -2.01. The number of piperazine rings is 1. The number of rotatable bonds is 4. The molecular weight excluding hydrogens is 344 g/mol. The fraction of sp³-hybridized carbons (Fsp3) is 0.333. The normalized spacial score (nSPS) is 16.2. The van der Waals surface area contributed by atoms with Crippen molar-refractivity contribution >= 4 is 22.6 Å². The molecule has 26 heavy (non-hydrogen) atoms. The predicted octanol–water partition coefficient (Wildman–Crippen LogP) is 3.91. The summed E-state index contributed by atoms with van der Waals surface area (Å²) in [5.41, 5.74) is 5.40. The summed E-state index contributed by atoms with van der Waals surface area (Å²) in [6.45, 7) is 8.18. The number of aromatic nitrogens is 2. The number of aryl methyl sites for hydroxylation is 1. The molecule has 2 aromatic carbocycles.